The van der Waals surface area contributed by atoms with Gasteiger partial charge in [0.1, 0.15) is 6.33 Å². The zero-order valence-corrected chi connectivity index (χ0v) is 10.7. The molecule has 0 aliphatic carbocycles. The molecule has 0 saturated carbocycles. The lowest BCUT2D eigenvalue weighted by Gasteiger charge is -2.16. The van der Waals surface area contributed by atoms with Gasteiger partial charge >= 0.3 is 0 Å². The molecular weight excluding hydrogens is 218 g/mol. The average Bonchev–Trinajstić information content (AvgIpc) is 2.68. The van der Waals surface area contributed by atoms with Crippen molar-refractivity contribution in [1.29, 1.82) is 0 Å². The third kappa shape index (κ3) is 4.14. The van der Waals surface area contributed by atoms with Crippen LogP contribution in [0.25, 0.3) is 0 Å². The van der Waals surface area contributed by atoms with E-state index in [2.05, 4.69) is 29.4 Å². The van der Waals surface area contributed by atoms with Crippen molar-refractivity contribution in [2.75, 3.05) is 6.54 Å². The Kier molecular flexibility index (Phi) is 5.09. The fourth-order valence-electron chi connectivity index (χ4n) is 1.66. The summed E-state index contributed by atoms with van der Waals surface area (Å²) in [6, 6.07) is 0. The first-order valence-corrected chi connectivity index (χ1v) is 5.85. The number of hydrogen-bond donors (Lipinski definition) is 2. The maximum absolute atomic E-state index is 11.9. The van der Waals surface area contributed by atoms with Crippen LogP contribution in [0.5, 0.6) is 0 Å². The van der Waals surface area contributed by atoms with Crippen LogP contribution in [-0.2, 0) is 18.4 Å². The Labute approximate surface area is 102 Å². The maximum atomic E-state index is 11.9. The largest absolute Gasteiger partial charge is 0.349 e. The Balaban J connectivity index is 2.45. The molecule has 96 valence electrons. The first kappa shape index (κ1) is 13.6. The van der Waals surface area contributed by atoms with E-state index < -0.39 is 0 Å². The lowest BCUT2D eigenvalue weighted by molar-refractivity contribution is -0.125. The highest BCUT2D eigenvalue weighted by Crippen LogP contribution is 2.10. The predicted octanol–water partition coefficient (Wildman–Crippen LogP) is 0.0523. The van der Waals surface area contributed by atoms with Gasteiger partial charge in [-0.25, -0.2) is 0 Å². The summed E-state index contributed by atoms with van der Waals surface area (Å²) >= 11 is 0. The second kappa shape index (κ2) is 6.34. The van der Waals surface area contributed by atoms with Crippen molar-refractivity contribution in [3.8, 4) is 0 Å². The first-order chi connectivity index (χ1) is 8.04. The summed E-state index contributed by atoms with van der Waals surface area (Å²) in [4.78, 5) is 11.9. The molecule has 1 aromatic heterocycles. The van der Waals surface area contributed by atoms with Crippen molar-refractivity contribution in [2.45, 2.75) is 26.8 Å². The molecule has 6 heteroatoms. The lowest BCUT2D eigenvalue weighted by Crippen LogP contribution is -2.36. The highest BCUT2D eigenvalue weighted by Gasteiger charge is 2.18. The van der Waals surface area contributed by atoms with E-state index in [-0.39, 0.29) is 11.8 Å². The molecule has 1 heterocycles. The van der Waals surface area contributed by atoms with Gasteiger partial charge in [0.25, 0.3) is 0 Å². The van der Waals surface area contributed by atoms with Gasteiger partial charge in [0.15, 0.2) is 5.82 Å². The van der Waals surface area contributed by atoms with Crippen molar-refractivity contribution in [1.82, 2.24) is 20.1 Å². The maximum Gasteiger partial charge on any atom is 0.224 e. The summed E-state index contributed by atoms with van der Waals surface area (Å²) in [5.41, 5.74) is 5.61. The highest BCUT2D eigenvalue weighted by molar-refractivity contribution is 5.78. The van der Waals surface area contributed by atoms with Gasteiger partial charge in [-0.15, -0.1) is 10.2 Å². The van der Waals surface area contributed by atoms with Crippen LogP contribution in [0.15, 0.2) is 6.33 Å². The minimum Gasteiger partial charge on any atom is -0.349 e. The van der Waals surface area contributed by atoms with Crippen LogP contribution in [0.1, 0.15) is 26.1 Å². The van der Waals surface area contributed by atoms with E-state index in [4.69, 9.17) is 5.73 Å². The predicted molar refractivity (Wildman–Crippen MR) is 64.8 cm³/mol. The second-order valence-corrected chi connectivity index (χ2v) is 4.64. The topological polar surface area (TPSA) is 85.8 Å². The second-order valence-electron chi connectivity index (χ2n) is 4.64. The molecule has 0 saturated heterocycles. The van der Waals surface area contributed by atoms with Crippen molar-refractivity contribution < 1.29 is 4.79 Å². The van der Waals surface area contributed by atoms with Crippen LogP contribution in [0, 0.1) is 11.8 Å². The zero-order chi connectivity index (χ0) is 12.8. The normalized spacial score (nSPS) is 12.8. The van der Waals surface area contributed by atoms with Crippen LogP contribution in [0.3, 0.4) is 0 Å². The number of aryl methyl sites for hydroxylation is 1. The number of rotatable bonds is 6. The van der Waals surface area contributed by atoms with Crippen molar-refractivity contribution in [3.63, 3.8) is 0 Å². The molecule has 1 rings (SSSR count). The Hall–Kier alpha value is -1.43. The molecule has 0 spiro atoms. The van der Waals surface area contributed by atoms with Crippen LogP contribution >= 0.6 is 0 Å². The third-order valence-electron chi connectivity index (χ3n) is 2.64. The molecule has 0 bridgehead atoms. The molecule has 0 aliphatic heterocycles. The van der Waals surface area contributed by atoms with E-state index in [1.165, 1.54) is 0 Å². The summed E-state index contributed by atoms with van der Waals surface area (Å²) in [5.74, 6) is 1.07. The first-order valence-electron chi connectivity index (χ1n) is 5.85. The fourth-order valence-corrected chi connectivity index (χ4v) is 1.66. The number of carbonyl (C=O) groups excluding carboxylic acids is 1. The summed E-state index contributed by atoms with van der Waals surface area (Å²) in [7, 11) is 1.84. The van der Waals surface area contributed by atoms with Crippen molar-refractivity contribution in [3.05, 3.63) is 12.2 Å². The average molecular weight is 239 g/mol. The van der Waals surface area contributed by atoms with Gasteiger partial charge < -0.3 is 15.6 Å². The summed E-state index contributed by atoms with van der Waals surface area (Å²) in [5, 5.41) is 10.5. The molecule has 1 amide bonds. The monoisotopic (exact) mass is 239 g/mol. The van der Waals surface area contributed by atoms with E-state index in [0.29, 0.717) is 19.0 Å². The van der Waals surface area contributed by atoms with Gasteiger partial charge in [-0.1, -0.05) is 13.8 Å². The summed E-state index contributed by atoms with van der Waals surface area (Å²) in [6.45, 7) is 4.93. The number of nitrogens with zero attached hydrogens (tertiary/aromatic N) is 3. The van der Waals surface area contributed by atoms with Crippen LogP contribution in [0.4, 0.5) is 0 Å². The number of aromatic nitrogens is 3. The lowest BCUT2D eigenvalue weighted by atomic mass is 9.96. The van der Waals surface area contributed by atoms with Gasteiger partial charge in [0.05, 0.1) is 12.5 Å². The number of hydrogen-bond acceptors (Lipinski definition) is 4. The van der Waals surface area contributed by atoms with Crippen LogP contribution in [-0.4, -0.2) is 27.2 Å². The smallest absolute Gasteiger partial charge is 0.224 e. The standard InChI is InChI=1S/C11H21N5O/c1-8(2)4-9(5-12)11(17)13-6-10-15-14-7-16(10)3/h7-9H,4-6,12H2,1-3H3,(H,13,17). The number of amides is 1. The fraction of sp³-hybridized carbons (Fsp3) is 0.727. The Morgan fingerprint density at radius 2 is 2.29 bits per heavy atom. The van der Waals surface area contributed by atoms with Crippen LogP contribution < -0.4 is 11.1 Å². The third-order valence-corrected chi connectivity index (χ3v) is 2.64. The quantitative estimate of drug-likeness (QED) is 0.734. The minimum atomic E-state index is -0.122. The van der Waals surface area contributed by atoms with E-state index in [1.54, 1.807) is 10.9 Å². The number of nitrogens with one attached hydrogen (secondary N) is 1. The van der Waals surface area contributed by atoms with E-state index in [9.17, 15) is 4.79 Å². The van der Waals surface area contributed by atoms with Crippen molar-refractivity contribution in [2.24, 2.45) is 24.6 Å². The van der Waals surface area contributed by atoms with Gasteiger partial charge in [-0.3, -0.25) is 4.79 Å². The molecule has 0 aromatic carbocycles. The van der Waals surface area contributed by atoms with E-state index in [0.717, 1.165) is 12.2 Å². The highest BCUT2D eigenvalue weighted by atomic mass is 16.1. The molecule has 1 atom stereocenters. The van der Waals surface area contributed by atoms with E-state index in [1.807, 2.05) is 7.05 Å². The van der Waals surface area contributed by atoms with Gasteiger partial charge in [-0.05, 0) is 12.3 Å². The van der Waals surface area contributed by atoms with E-state index >= 15 is 0 Å². The van der Waals surface area contributed by atoms with Crippen molar-refractivity contribution >= 4 is 5.91 Å². The molecular formula is C11H21N5O. The SMILES string of the molecule is CC(C)CC(CN)C(=O)NCc1nncn1C. The molecule has 3 N–H and O–H groups in total. The molecule has 0 radical (unpaired) electrons. The Morgan fingerprint density at radius 3 is 2.76 bits per heavy atom. The number of nitrogens with two attached hydrogens (primary N) is 1. The van der Waals surface area contributed by atoms with Gasteiger partial charge in [-0.2, -0.15) is 0 Å². The molecule has 0 fully saturated rings. The minimum absolute atomic E-state index is 0.01000. The molecule has 1 aromatic rings. The van der Waals surface area contributed by atoms with Gasteiger partial charge in [0, 0.05) is 13.6 Å². The molecule has 0 aliphatic rings. The molecule has 1 unspecified atom stereocenters. The zero-order valence-electron chi connectivity index (χ0n) is 10.7. The Morgan fingerprint density at radius 1 is 1.59 bits per heavy atom. The summed E-state index contributed by atoms with van der Waals surface area (Å²) in [6.07, 6.45) is 2.41. The molecule has 17 heavy (non-hydrogen) atoms. The Bertz CT molecular complexity index is 360. The van der Waals surface area contributed by atoms with Crippen LogP contribution in [0.2, 0.25) is 0 Å². The summed E-state index contributed by atoms with van der Waals surface area (Å²) < 4.78 is 1.78. The molecule has 6 nitrogen and oxygen atoms in total. The van der Waals surface area contributed by atoms with Gasteiger partial charge in [0.2, 0.25) is 5.91 Å². The number of carbonyl (C=O) groups is 1.